The highest BCUT2D eigenvalue weighted by atomic mass is 16.5. The summed E-state index contributed by atoms with van der Waals surface area (Å²) in [6, 6.07) is 9.64. The highest BCUT2D eigenvalue weighted by Gasteiger charge is 2.08. The van der Waals surface area contributed by atoms with Crippen LogP contribution in [0.25, 0.3) is 21.7 Å². The van der Waals surface area contributed by atoms with Crippen LogP contribution in [-0.2, 0) is 0 Å². The van der Waals surface area contributed by atoms with Crippen molar-refractivity contribution in [1.29, 1.82) is 0 Å². The molecule has 0 radical (unpaired) electrons. The molecule has 2 aromatic rings. The lowest BCUT2D eigenvalue weighted by Crippen LogP contribution is -1.93. The van der Waals surface area contributed by atoms with Gasteiger partial charge < -0.3 is 4.74 Å². The third-order valence-electron chi connectivity index (χ3n) is 2.13. The summed E-state index contributed by atoms with van der Waals surface area (Å²) in [6.07, 6.45) is 1.44. The number of azide groups is 1. The first-order chi connectivity index (χ1) is 8.35. The number of rotatable bonds is 3. The summed E-state index contributed by atoms with van der Waals surface area (Å²) >= 11 is 0. The van der Waals surface area contributed by atoms with Crippen LogP contribution < -0.4 is 4.74 Å². The van der Waals surface area contributed by atoms with Gasteiger partial charge in [0.15, 0.2) is 0 Å². The van der Waals surface area contributed by atoms with Crippen LogP contribution in [0.2, 0.25) is 0 Å². The van der Waals surface area contributed by atoms with Gasteiger partial charge in [-0.2, -0.15) is 4.98 Å². The van der Waals surface area contributed by atoms with E-state index < -0.39 is 0 Å². The molecule has 6 nitrogen and oxygen atoms in total. The zero-order chi connectivity index (χ0) is 12.1. The average Bonchev–Trinajstić information content (AvgIpc) is 2.40. The largest absolute Gasteiger partial charge is 0.467 e. The Labute approximate surface area is 97.5 Å². The Bertz CT molecular complexity index is 563. The maximum absolute atomic E-state index is 8.49. The first kappa shape index (κ1) is 10.9. The second kappa shape index (κ2) is 4.96. The zero-order valence-corrected chi connectivity index (χ0v) is 9.11. The fourth-order valence-corrected chi connectivity index (χ4v) is 1.39. The van der Waals surface area contributed by atoms with Gasteiger partial charge in [0.25, 0.3) is 0 Å². The molecule has 1 heterocycles. The second-order valence-corrected chi connectivity index (χ2v) is 3.15. The molecular weight excluding hydrogens is 218 g/mol. The summed E-state index contributed by atoms with van der Waals surface area (Å²) in [5, 5.41) is 3.56. The molecule has 0 bridgehead atoms. The van der Waals surface area contributed by atoms with Crippen LogP contribution in [0, 0.1) is 0 Å². The number of aromatic nitrogens is 2. The lowest BCUT2D eigenvalue weighted by molar-refractivity contribution is 0.380. The van der Waals surface area contributed by atoms with Crippen LogP contribution in [0.5, 0.6) is 6.01 Å². The standard InChI is InChI=1S/C11H9N5O/c1-17-11-13-7-9(15-16-12)10(14-11)8-5-3-2-4-6-8/h2-7H,1H3. The first-order valence-electron chi connectivity index (χ1n) is 4.86. The Morgan fingerprint density at radius 2 is 2.06 bits per heavy atom. The molecule has 0 saturated heterocycles. The van der Waals surface area contributed by atoms with Gasteiger partial charge in [-0.25, -0.2) is 4.98 Å². The van der Waals surface area contributed by atoms with E-state index in [0.717, 1.165) is 5.56 Å². The van der Waals surface area contributed by atoms with Gasteiger partial charge >= 0.3 is 6.01 Å². The minimum atomic E-state index is 0.237. The summed E-state index contributed by atoms with van der Waals surface area (Å²) in [5.74, 6) is 0. The normalized spacial score (nSPS) is 9.47. The van der Waals surface area contributed by atoms with E-state index in [9.17, 15) is 0 Å². The van der Waals surface area contributed by atoms with E-state index in [1.165, 1.54) is 13.3 Å². The van der Waals surface area contributed by atoms with E-state index in [1.54, 1.807) is 0 Å². The molecule has 0 amide bonds. The van der Waals surface area contributed by atoms with Crippen molar-refractivity contribution in [2.75, 3.05) is 7.11 Å². The van der Waals surface area contributed by atoms with Gasteiger partial charge in [0.2, 0.25) is 0 Å². The molecule has 6 heteroatoms. The van der Waals surface area contributed by atoms with E-state index >= 15 is 0 Å². The molecule has 0 fully saturated rings. The van der Waals surface area contributed by atoms with E-state index in [2.05, 4.69) is 20.0 Å². The fourth-order valence-electron chi connectivity index (χ4n) is 1.39. The Morgan fingerprint density at radius 3 is 2.71 bits per heavy atom. The van der Waals surface area contributed by atoms with Gasteiger partial charge in [-0.05, 0) is 5.53 Å². The van der Waals surface area contributed by atoms with Crippen molar-refractivity contribution in [3.05, 3.63) is 47.0 Å². The van der Waals surface area contributed by atoms with E-state index in [0.29, 0.717) is 11.4 Å². The van der Waals surface area contributed by atoms with Crippen LogP contribution in [0.15, 0.2) is 41.6 Å². The highest BCUT2D eigenvalue weighted by Crippen LogP contribution is 2.28. The predicted octanol–water partition coefficient (Wildman–Crippen LogP) is 3.09. The molecule has 0 atom stereocenters. The number of benzene rings is 1. The van der Waals surface area contributed by atoms with Crippen molar-refractivity contribution in [2.24, 2.45) is 5.11 Å². The molecule has 0 spiro atoms. The van der Waals surface area contributed by atoms with E-state index in [4.69, 9.17) is 10.3 Å². The maximum atomic E-state index is 8.49. The van der Waals surface area contributed by atoms with Crippen molar-refractivity contribution in [2.45, 2.75) is 0 Å². The van der Waals surface area contributed by atoms with Crippen molar-refractivity contribution in [3.63, 3.8) is 0 Å². The SMILES string of the molecule is COc1ncc(N=[N+]=[N-])c(-c2ccccc2)n1. The molecule has 1 aromatic heterocycles. The van der Waals surface area contributed by atoms with Crippen LogP contribution in [0.3, 0.4) is 0 Å². The van der Waals surface area contributed by atoms with Crippen LogP contribution in [0.4, 0.5) is 5.69 Å². The third kappa shape index (κ3) is 2.32. The van der Waals surface area contributed by atoms with Gasteiger partial charge in [0.1, 0.15) is 0 Å². The molecule has 1 aromatic carbocycles. The summed E-state index contributed by atoms with van der Waals surface area (Å²) in [7, 11) is 1.48. The predicted molar refractivity (Wildman–Crippen MR) is 62.8 cm³/mol. The molecule has 0 unspecified atom stereocenters. The van der Waals surface area contributed by atoms with Crippen LogP contribution >= 0.6 is 0 Å². The van der Waals surface area contributed by atoms with Gasteiger partial charge in [-0.3, -0.25) is 0 Å². The molecule has 17 heavy (non-hydrogen) atoms. The molecule has 0 saturated carbocycles. The average molecular weight is 227 g/mol. The maximum Gasteiger partial charge on any atom is 0.316 e. The Hall–Kier alpha value is -2.59. The van der Waals surface area contributed by atoms with E-state index in [1.807, 2.05) is 30.3 Å². The highest BCUT2D eigenvalue weighted by molar-refractivity contribution is 5.71. The third-order valence-corrected chi connectivity index (χ3v) is 2.13. The first-order valence-corrected chi connectivity index (χ1v) is 4.86. The Morgan fingerprint density at radius 1 is 1.29 bits per heavy atom. The summed E-state index contributed by atoms with van der Waals surface area (Å²) < 4.78 is 4.95. The van der Waals surface area contributed by atoms with Crippen LogP contribution in [-0.4, -0.2) is 17.1 Å². The lowest BCUT2D eigenvalue weighted by Gasteiger charge is -2.05. The smallest absolute Gasteiger partial charge is 0.316 e. The van der Waals surface area contributed by atoms with Crippen molar-refractivity contribution < 1.29 is 4.74 Å². The fraction of sp³-hybridized carbons (Fsp3) is 0.0909. The molecule has 0 aliphatic rings. The topological polar surface area (TPSA) is 83.8 Å². The van der Waals surface area contributed by atoms with Crippen LogP contribution in [0.1, 0.15) is 0 Å². The second-order valence-electron chi connectivity index (χ2n) is 3.15. The molecule has 0 N–H and O–H groups in total. The number of ether oxygens (including phenoxy) is 1. The van der Waals surface area contributed by atoms with E-state index in [-0.39, 0.29) is 6.01 Å². The molecule has 84 valence electrons. The molecule has 0 aliphatic heterocycles. The lowest BCUT2D eigenvalue weighted by atomic mass is 10.1. The van der Waals surface area contributed by atoms with Gasteiger partial charge in [-0.1, -0.05) is 35.4 Å². The quantitative estimate of drug-likeness (QED) is 0.458. The number of hydrogen-bond acceptors (Lipinski definition) is 4. The Kier molecular flexibility index (Phi) is 3.18. The minimum Gasteiger partial charge on any atom is -0.467 e. The zero-order valence-electron chi connectivity index (χ0n) is 9.11. The number of methoxy groups -OCH3 is 1. The Balaban J connectivity index is 2.60. The molecule has 0 aliphatic carbocycles. The van der Waals surface area contributed by atoms with Crippen molar-refractivity contribution in [3.8, 4) is 17.3 Å². The summed E-state index contributed by atoms with van der Waals surface area (Å²) in [4.78, 5) is 10.8. The number of hydrogen-bond donors (Lipinski definition) is 0. The summed E-state index contributed by atoms with van der Waals surface area (Å²) in [6.45, 7) is 0. The molecular formula is C11H9N5O. The van der Waals surface area contributed by atoms with Gasteiger partial charge in [0, 0.05) is 16.7 Å². The van der Waals surface area contributed by atoms with Gasteiger partial charge in [-0.15, -0.1) is 0 Å². The number of nitrogens with zero attached hydrogens (tertiary/aromatic N) is 5. The minimum absolute atomic E-state index is 0.237. The molecule has 2 rings (SSSR count). The van der Waals surface area contributed by atoms with Gasteiger partial charge in [0.05, 0.1) is 18.5 Å². The summed E-state index contributed by atoms with van der Waals surface area (Å²) in [5.41, 5.74) is 10.3. The van der Waals surface area contributed by atoms with Crippen molar-refractivity contribution >= 4 is 5.69 Å². The van der Waals surface area contributed by atoms with Crippen molar-refractivity contribution in [1.82, 2.24) is 9.97 Å². The monoisotopic (exact) mass is 227 g/mol.